The zero-order valence-electron chi connectivity index (χ0n) is 10.2. The second kappa shape index (κ2) is 5.34. The standard InChI is InChI=1S/C11H13BrN2O4/c1-11(2,3)18-10(15)13-7-4-5-9(14(16)17)8(12)6-7/h4-6H,1-3H3,(H,13,15). The van der Waals surface area contributed by atoms with Gasteiger partial charge in [0.25, 0.3) is 5.69 Å². The van der Waals surface area contributed by atoms with Crippen LogP contribution < -0.4 is 5.32 Å². The van der Waals surface area contributed by atoms with Crippen LogP contribution in [-0.2, 0) is 4.74 Å². The summed E-state index contributed by atoms with van der Waals surface area (Å²) in [6.07, 6.45) is -0.608. The molecule has 0 aliphatic carbocycles. The number of anilines is 1. The molecule has 0 aliphatic heterocycles. The highest BCUT2D eigenvalue weighted by Crippen LogP contribution is 2.27. The van der Waals surface area contributed by atoms with Crippen molar-refractivity contribution in [3.63, 3.8) is 0 Å². The Morgan fingerprint density at radius 3 is 2.50 bits per heavy atom. The van der Waals surface area contributed by atoms with Crippen LogP contribution in [0.4, 0.5) is 16.2 Å². The van der Waals surface area contributed by atoms with Gasteiger partial charge in [0.1, 0.15) is 5.60 Å². The normalized spacial score (nSPS) is 10.9. The third-order valence-corrected chi connectivity index (χ3v) is 2.42. The second-order valence-electron chi connectivity index (χ2n) is 4.55. The number of ether oxygens (including phenoxy) is 1. The zero-order valence-corrected chi connectivity index (χ0v) is 11.8. The molecule has 0 saturated carbocycles. The van der Waals surface area contributed by atoms with Crippen molar-refractivity contribution in [1.29, 1.82) is 0 Å². The Balaban J connectivity index is 2.78. The van der Waals surface area contributed by atoms with Crippen molar-refractivity contribution >= 4 is 33.4 Å². The van der Waals surface area contributed by atoms with E-state index >= 15 is 0 Å². The van der Waals surface area contributed by atoms with Crippen LogP contribution in [0.25, 0.3) is 0 Å². The molecular formula is C11H13BrN2O4. The van der Waals surface area contributed by atoms with E-state index in [1.807, 2.05) is 0 Å². The van der Waals surface area contributed by atoms with Crippen molar-refractivity contribution in [2.45, 2.75) is 26.4 Å². The second-order valence-corrected chi connectivity index (χ2v) is 5.40. The molecule has 0 spiro atoms. The first kappa shape index (κ1) is 14.4. The number of nitro benzene ring substituents is 1. The highest BCUT2D eigenvalue weighted by Gasteiger charge is 2.17. The van der Waals surface area contributed by atoms with Gasteiger partial charge in [-0.1, -0.05) is 0 Å². The van der Waals surface area contributed by atoms with Crippen molar-refractivity contribution in [1.82, 2.24) is 0 Å². The SMILES string of the molecule is CC(C)(C)OC(=O)Nc1ccc([N+](=O)[O-])c(Br)c1. The zero-order chi connectivity index (χ0) is 13.9. The molecule has 0 bridgehead atoms. The molecule has 1 amide bonds. The summed E-state index contributed by atoms with van der Waals surface area (Å²) in [7, 11) is 0. The Hall–Kier alpha value is -1.63. The number of benzene rings is 1. The lowest BCUT2D eigenvalue weighted by atomic mass is 10.2. The molecule has 0 aliphatic rings. The number of carbonyl (C=O) groups excluding carboxylic acids is 1. The molecule has 0 saturated heterocycles. The van der Waals surface area contributed by atoms with Gasteiger partial charge in [0.05, 0.1) is 9.40 Å². The first-order chi connectivity index (χ1) is 8.19. The Kier molecular flexibility index (Phi) is 4.28. The Labute approximate surface area is 113 Å². The molecule has 0 heterocycles. The van der Waals surface area contributed by atoms with Crippen LogP contribution in [0, 0.1) is 10.1 Å². The van der Waals surface area contributed by atoms with E-state index in [9.17, 15) is 14.9 Å². The molecule has 0 atom stereocenters. The fourth-order valence-electron chi connectivity index (χ4n) is 1.15. The van der Waals surface area contributed by atoms with Gasteiger partial charge in [0.15, 0.2) is 0 Å². The van der Waals surface area contributed by atoms with Crippen LogP contribution in [0.3, 0.4) is 0 Å². The lowest BCUT2D eigenvalue weighted by molar-refractivity contribution is -0.385. The molecule has 0 fully saturated rings. The summed E-state index contributed by atoms with van der Waals surface area (Å²) in [6, 6.07) is 4.19. The molecule has 98 valence electrons. The lowest BCUT2D eigenvalue weighted by Gasteiger charge is -2.19. The van der Waals surface area contributed by atoms with Gasteiger partial charge in [-0.05, 0) is 48.8 Å². The fourth-order valence-corrected chi connectivity index (χ4v) is 1.68. The molecule has 0 unspecified atom stereocenters. The molecule has 18 heavy (non-hydrogen) atoms. The van der Waals surface area contributed by atoms with Crippen molar-refractivity contribution in [2.75, 3.05) is 5.32 Å². The first-order valence-corrected chi connectivity index (χ1v) is 5.92. The number of nitrogens with one attached hydrogen (secondary N) is 1. The Morgan fingerprint density at radius 1 is 1.44 bits per heavy atom. The number of carbonyl (C=O) groups is 1. The van der Waals surface area contributed by atoms with E-state index in [1.54, 1.807) is 20.8 Å². The van der Waals surface area contributed by atoms with Gasteiger partial charge in [-0.15, -0.1) is 0 Å². The average molecular weight is 317 g/mol. The topological polar surface area (TPSA) is 81.5 Å². The van der Waals surface area contributed by atoms with Gasteiger partial charge >= 0.3 is 6.09 Å². The number of hydrogen-bond donors (Lipinski definition) is 1. The summed E-state index contributed by atoms with van der Waals surface area (Å²) in [5.41, 5.74) is -0.242. The number of nitrogens with zero attached hydrogens (tertiary/aromatic N) is 1. The van der Waals surface area contributed by atoms with Gasteiger partial charge in [-0.25, -0.2) is 4.79 Å². The molecule has 1 rings (SSSR count). The minimum absolute atomic E-state index is 0.0651. The Bertz CT molecular complexity index is 482. The lowest BCUT2D eigenvalue weighted by Crippen LogP contribution is -2.27. The van der Waals surface area contributed by atoms with Crippen LogP contribution in [0.2, 0.25) is 0 Å². The largest absolute Gasteiger partial charge is 0.444 e. The van der Waals surface area contributed by atoms with Gasteiger partial charge in [0.2, 0.25) is 0 Å². The number of hydrogen-bond acceptors (Lipinski definition) is 4. The van der Waals surface area contributed by atoms with Gasteiger partial charge in [-0.2, -0.15) is 0 Å². The van der Waals surface area contributed by atoms with E-state index < -0.39 is 16.6 Å². The highest BCUT2D eigenvalue weighted by atomic mass is 79.9. The van der Waals surface area contributed by atoms with Crippen molar-refractivity contribution < 1.29 is 14.5 Å². The predicted molar refractivity (Wildman–Crippen MR) is 70.7 cm³/mol. The summed E-state index contributed by atoms with van der Waals surface area (Å²) in [5, 5.41) is 13.1. The summed E-state index contributed by atoms with van der Waals surface area (Å²) >= 11 is 3.07. The first-order valence-electron chi connectivity index (χ1n) is 5.13. The minimum Gasteiger partial charge on any atom is -0.444 e. The molecule has 1 aromatic carbocycles. The monoisotopic (exact) mass is 316 g/mol. The van der Waals surface area contributed by atoms with E-state index in [0.717, 1.165) is 0 Å². The third kappa shape index (κ3) is 4.33. The Morgan fingerprint density at radius 2 is 2.06 bits per heavy atom. The van der Waals surface area contributed by atoms with Crippen LogP contribution in [0.1, 0.15) is 20.8 Å². The average Bonchev–Trinajstić information content (AvgIpc) is 2.13. The predicted octanol–water partition coefficient (Wildman–Crippen LogP) is 3.70. The maximum absolute atomic E-state index is 11.5. The number of amides is 1. The van der Waals surface area contributed by atoms with Gasteiger partial charge in [0, 0.05) is 11.8 Å². The van der Waals surface area contributed by atoms with Crippen LogP contribution in [0.5, 0.6) is 0 Å². The summed E-state index contributed by atoms with van der Waals surface area (Å²) in [6.45, 7) is 5.25. The van der Waals surface area contributed by atoms with E-state index in [1.165, 1.54) is 18.2 Å². The van der Waals surface area contributed by atoms with Crippen LogP contribution in [0.15, 0.2) is 22.7 Å². The molecule has 1 N–H and O–H groups in total. The fraction of sp³-hybridized carbons (Fsp3) is 0.364. The van der Waals surface area contributed by atoms with Crippen LogP contribution in [-0.4, -0.2) is 16.6 Å². The summed E-state index contributed by atoms with van der Waals surface area (Å²) in [4.78, 5) is 21.6. The minimum atomic E-state index is -0.608. The third-order valence-electron chi connectivity index (χ3n) is 1.79. The van der Waals surface area contributed by atoms with E-state index in [4.69, 9.17) is 4.74 Å². The van der Waals surface area contributed by atoms with E-state index in [-0.39, 0.29) is 5.69 Å². The van der Waals surface area contributed by atoms with E-state index in [0.29, 0.717) is 10.2 Å². The maximum atomic E-state index is 11.5. The maximum Gasteiger partial charge on any atom is 0.412 e. The molecule has 0 aromatic heterocycles. The molecule has 7 heteroatoms. The highest BCUT2D eigenvalue weighted by molar-refractivity contribution is 9.10. The molecule has 6 nitrogen and oxygen atoms in total. The quantitative estimate of drug-likeness (QED) is 0.666. The van der Waals surface area contributed by atoms with Crippen LogP contribution >= 0.6 is 15.9 Å². The number of rotatable bonds is 2. The van der Waals surface area contributed by atoms with Gasteiger partial charge < -0.3 is 4.74 Å². The summed E-state index contributed by atoms with van der Waals surface area (Å²) < 4.78 is 5.35. The molecule has 0 radical (unpaired) electrons. The molecule has 1 aromatic rings. The van der Waals surface area contributed by atoms with Crippen molar-refractivity contribution in [3.05, 3.63) is 32.8 Å². The number of nitro groups is 1. The smallest absolute Gasteiger partial charge is 0.412 e. The van der Waals surface area contributed by atoms with Crippen molar-refractivity contribution in [2.24, 2.45) is 0 Å². The summed E-state index contributed by atoms with van der Waals surface area (Å²) in [5.74, 6) is 0. The van der Waals surface area contributed by atoms with Crippen molar-refractivity contribution in [3.8, 4) is 0 Å². The molecular weight excluding hydrogens is 304 g/mol. The number of halogens is 1. The van der Waals surface area contributed by atoms with E-state index in [2.05, 4.69) is 21.2 Å². The van der Waals surface area contributed by atoms with Gasteiger partial charge in [-0.3, -0.25) is 15.4 Å².